The molecule has 90 valence electrons. The fourth-order valence-electron chi connectivity index (χ4n) is 2.45. The molecule has 1 fully saturated rings. The van der Waals surface area contributed by atoms with Crippen LogP contribution in [0.3, 0.4) is 0 Å². The van der Waals surface area contributed by atoms with E-state index in [4.69, 9.17) is 16.3 Å². The first-order valence-electron chi connectivity index (χ1n) is 5.95. The van der Waals surface area contributed by atoms with Crippen LogP contribution in [0.5, 0.6) is 5.75 Å². The molecular weight excluding hydrogens is 236 g/mol. The van der Waals surface area contributed by atoms with Gasteiger partial charge in [0, 0.05) is 6.04 Å². The third-order valence-corrected chi connectivity index (χ3v) is 3.77. The largest absolute Gasteiger partial charge is 0.494 e. The highest BCUT2D eigenvalue weighted by atomic mass is 35.5. The third-order valence-electron chi connectivity index (χ3n) is 3.54. The van der Waals surface area contributed by atoms with E-state index in [1.807, 2.05) is 12.1 Å². The molecule has 4 heteroatoms. The first kappa shape index (κ1) is 10.9. The van der Waals surface area contributed by atoms with Gasteiger partial charge in [-0.15, -0.1) is 11.6 Å². The summed E-state index contributed by atoms with van der Waals surface area (Å²) in [6, 6.07) is 6.62. The molecule has 1 aromatic heterocycles. The Morgan fingerprint density at radius 2 is 2.29 bits per heavy atom. The van der Waals surface area contributed by atoms with Crippen LogP contribution in [0.15, 0.2) is 18.2 Å². The predicted molar refractivity (Wildman–Crippen MR) is 68.7 cm³/mol. The van der Waals surface area contributed by atoms with Crippen molar-refractivity contribution in [3.8, 4) is 5.75 Å². The molecule has 0 unspecified atom stereocenters. The minimum absolute atomic E-state index is 0.453. The van der Waals surface area contributed by atoms with Crippen molar-refractivity contribution in [3.05, 3.63) is 24.0 Å². The molecule has 0 N–H and O–H groups in total. The minimum atomic E-state index is 0.453. The molecule has 1 saturated carbocycles. The summed E-state index contributed by atoms with van der Waals surface area (Å²) in [6.45, 7) is 0. The number of para-hydroxylation sites is 1. The number of rotatable bonds is 3. The van der Waals surface area contributed by atoms with Crippen LogP contribution in [0, 0.1) is 0 Å². The Morgan fingerprint density at radius 3 is 2.88 bits per heavy atom. The SMILES string of the molecule is COc1cccc2c1nc(CCl)n2C1CCC1. The molecule has 0 amide bonds. The van der Waals surface area contributed by atoms with Crippen LogP contribution in [0.4, 0.5) is 0 Å². The standard InChI is InChI=1S/C13H15ClN2O/c1-17-11-7-3-6-10-13(11)15-12(8-14)16(10)9-4-2-5-9/h3,6-7,9H,2,4-5,8H2,1H3. The van der Waals surface area contributed by atoms with Crippen LogP contribution >= 0.6 is 11.6 Å². The molecule has 0 aliphatic heterocycles. The molecule has 1 aliphatic rings. The highest BCUT2D eigenvalue weighted by Gasteiger charge is 2.25. The lowest BCUT2D eigenvalue weighted by atomic mass is 9.92. The van der Waals surface area contributed by atoms with Crippen molar-refractivity contribution in [1.29, 1.82) is 0 Å². The number of hydrogen-bond donors (Lipinski definition) is 0. The van der Waals surface area contributed by atoms with E-state index < -0.39 is 0 Å². The van der Waals surface area contributed by atoms with Crippen LogP contribution in [0.1, 0.15) is 31.1 Å². The Labute approximate surface area is 105 Å². The lowest BCUT2D eigenvalue weighted by Crippen LogP contribution is -2.18. The smallest absolute Gasteiger partial charge is 0.146 e. The van der Waals surface area contributed by atoms with Crippen molar-refractivity contribution in [2.75, 3.05) is 7.11 Å². The number of alkyl halides is 1. The lowest BCUT2D eigenvalue weighted by molar-refractivity contribution is 0.315. The van der Waals surface area contributed by atoms with Crippen LogP contribution in [-0.4, -0.2) is 16.7 Å². The number of benzene rings is 1. The van der Waals surface area contributed by atoms with Crippen molar-refractivity contribution in [2.24, 2.45) is 0 Å². The summed E-state index contributed by atoms with van der Waals surface area (Å²) >= 11 is 6.00. The highest BCUT2D eigenvalue weighted by molar-refractivity contribution is 6.16. The zero-order valence-corrected chi connectivity index (χ0v) is 10.6. The zero-order valence-electron chi connectivity index (χ0n) is 9.82. The van der Waals surface area contributed by atoms with E-state index in [1.165, 1.54) is 19.3 Å². The number of fused-ring (bicyclic) bond motifs is 1. The van der Waals surface area contributed by atoms with Gasteiger partial charge in [-0.1, -0.05) is 6.07 Å². The molecule has 0 saturated heterocycles. The van der Waals surface area contributed by atoms with Crippen LogP contribution in [-0.2, 0) is 5.88 Å². The fourth-order valence-corrected chi connectivity index (χ4v) is 2.64. The average Bonchev–Trinajstić information content (AvgIpc) is 2.66. The number of hydrogen-bond acceptors (Lipinski definition) is 2. The average molecular weight is 251 g/mol. The summed E-state index contributed by atoms with van der Waals surface area (Å²) in [5, 5.41) is 0. The maximum atomic E-state index is 6.00. The Hall–Kier alpha value is -1.22. The zero-order chi connectivity index (χ0) is 11.8. The predicted octanol–water partition coefficient (Wildman–Crippen LogP) is 3.51. The normalized spacial score (nSPS) is 16.1. The first-order chi connectivity index (χ1) is 8.35. The summed E-state index contributed by atoms with van der Waals surface area (Å²) in [7, 11) is 1.68. The van der Waals surface area contributed by atoms with E-state index in [0.29, 0.717) is 11.9 Å². The van der Waals surface area contributed by atoms with Gasteiger partial charge in [0.2, 0.25) is 0 Å². The van der Waals surface area contributed by atoms with E-state index in [9.17, 15) is 0 Å². The molecule has 0 spiro atoms. The first-order valence-corrected chi connectivity index (χ1v) is 6.48. The lowest BCUT2D eigenvalue weighted by Gasteiger charge is -2.28. The third kappa shape index (κ3) is 1.61. The van der Waals surface area contributed by atoms with Crippen molar-refractivity contribution >= 4 is 22.6 Å². The number of methoxy groups -OCH3 is 1. The molecule has 0 atom stereocenters. The number of ether oxygens (including phenoxy) is 1. The molecular formula is C13H15ClN2O. The molecule has 3 rings (SSSR count). The second kappa shape index (κ2) is 4.22. The van der Waals surface area contributed by atoms with Gasteiger partial charge >= 0.3 is 0 Å². The van der Waals surface area contributed by atoms with Crippen molar-refractivity contribution in [3.63, 3.8) is 0 Å². The molecule has 1 aromatic carbocycles. The van der Waals surface area contributed by atoms with Gasteiger partial charge in [0.25, 0.3) is 0 Å². The second-order valence-electron chi connectivity index (χ2n) is 4.44. The van der Waals surface area contributed by atoms with E-state index >= 15 is 0 Å². The molecule has 0 bridgehead atoms. The minimum Gasteiger partial charge on any atom is -0.494 e. The van der Waals surface area contributed by atoms with Crippen molar-refractivity contribution < 1.29 is 4.74 Å². The maximum Gasteiger partial charge on any atom is 0.146 e. The fraction of sp³-hybridized carbons (Fsp3) is 0.462. The molecule has 1 aliphatic carbocycles. The van der Waals surface area contributed by atoms with Crippen LogP contribution in [0.25, 0.3) is 11.0 Å². The topological polar surface area (TPSA) is 27.1 Å². The van der Waals surface area contributed by atoms with Gasteiger partial charge in [0.15, 0.2) is 0 Å². The molecule has 2 aromatic rings. The Kier molecular flexibility index (Phi) is 2.71. The Balaban J connectivity index is 2.23. The van der Waals surface area contributed by atoms with E-state index in [2.05, 4.69) is 15.6 Å². The Morgan fingerprint density at radius 1 is 1.47 bits per heavy atom. The van der Waals surface area contributed by atoms with Crippen molar-refractivity contribution in [1.82, 2.24) is 9.55 Å². The number of aromatic nitrogens is 2. The summed E-state index contributed by atoms with van der Waals surface area (Å²) < 4.78 is 7.64. The van der Waals surface area contributed by atoms with Gasteiger partial charge in [-0.25, -0.2) is 4.98 Å². The van der Waals surface area contributed by atoms with E-state index in [0.717, 1.165) is 22.6 Å². The van der Waals surface area contributed by atoms with Gasteiger partial charge in [-0.05, 0) is 31.4 Å². The van der Waals surface area contributed by atoms with Gasteiger partial charge in [-0.3, -0.25) is 0 Å². The van der Waals surface area contributed by atoms with Gasteiger partial charge < -0.3 is 9.30 Å². The van der Waals surface area contributed by atoms with Gasteiger partial charge in [0.05, 0.1) is 18.5 Å². The molecule has 17 heavy (non-hydrogen) atoms. The van der Waals surface area contributed by atoms with Crippen LogP contribution in [0.2, 0.25) is 0 Å². The second-order valence-corrected chi connectivity index (χ2v) is 4.71. The van der Waals surface area contributed by atoms with Gasteiger partial charge in [-0.2, -0.15) is 0 Å². The quantitative estimate of drug-likeness (QED) is 0.780. The highest BCUT2D eigenvalue weighted by Crippen LogP contribution is 2.37. The summed E-state index contributed by atoms with van der Waals surface area (Å²) in [6.07, 6.45) is 3.76. The van der Waals surface area contributed by atoms with Crippen LogP contribution < -0.4 is 4.74 Å². The summed E-state index contributed by atoms with van der Waals surface area (Å²) in [5.41, 5.74) is 2.07. The molecule has 3 nitrogen and oxygen atoms in total. The van der Waals surface area contributed by atoms with E-state index in [1.54, 1.807) is 7.11 Å². The summed E-state index contributed by atoms with van der Waals surface area (Å²) in [4.78, 5) is 4.61. The number of nitrogens with zero attached hydrogens (tertiary/aromatic N) is 2. The summed E-state index contributed by atoms with van der Waals surface area (Å²) in [5.74, 6) is 2.23. The molecule has 0 radical (unpaired) electrons. The number of imidazole rings is 1. The monoisotopic (exact) mass is 250 g/mol. The maximum absolute atomic E-state index is 6.00. The van der Waals surface area contributed by atoms with Gasteiger partial charge in [0.1, 0.15) is 17.1 Å². The Bertz CT molecular complexity index is 546. The molecule has 1 heterocycles. The number of halogens is 1. The van der Waals surface area contributed by atoms with Crippen molar-refractivity contribution in [2.45, 2.75) is 31.2 Å². The van der Waals surface area contributed by atoms with E-state index in [-0.39, 0.29) is 0 Å².